The molecule has 1 aromatic rings. The number of Topliss-reactive ketones (excluding diaryl/α,β-unsaturated/α-hetero) is 1. The van der Waals surface area contributed by atoms with Crippen molar-refractivity contribution in [1.29, 1.82) is 0 Å². The van der Waals surface area contributed by atoms with Gasteiger partial charge in [-0.3, -0.25) is 4.79 Å². The second-order valence-electron chi connectivity index (χ2n) is 4.11. The van der Waals surface area contributed by atoms with Gasteiger partial charge in [0.25, 0.3) is 0 Å². The third-order valence-corrected chi connectivity index (χ3v) is 3.22. The zero-order chi connectivity index (χ0) is 12.3. The Bertz CT molecular complexity index is 404. The van der Waals surface area contributed by atoms with Gasteiger partial charge in [0.15, 0.2) is 5.78 Å². The summed E-state index contributed by atoms with van der Waals surface area (Å²) in [5.41, 5.74) is 5.31. The smallest absolute Gasteiger partial charge is 0.156 e. The van der Waals surface area contributed by atoms with Crippen LogP contribution >= 0.6 is 15.9 Å². The van der Waals surface area contributed by atoms with E-state index < -0.39 is 5.54 Å². The zero-order valence-electron chi connectivity index (χ0n) is 9.39. The van der Waals surface area contributed by atoms with E-state index in [0.717, 1.165) is 4.47 Å². The fourth-order valence-electron chi connectivity index (χ4n) is 1.25. The van der Waals surface area contributed by atoms with Crippen LogP contribution in [0.25, 0.3) is 0 Å². The van der Waals surface area contributed by atoms with Gasteiger partial charge in [0.1, 0.15) is 5.82 Å². The van der Waals surface area contributed by atoms with Gasteiger partial charge in [0.05, 0.1) is 5.54 Å². The zero-order valence-corrected chi connectivity index (χ0v) is 11.0. The number of hydrogen-bond acceptors (Lipinski definition) is 2. The molecule has 0 amide bonds. The van der Waals surface area contributed by atoms with Crippen LogP contribution in [-0.4, -0.2) is 11.3 Å². The van der Waals surface area contributed by atoms with Gasteiger partial charge in [-0.05, 0) is 37.1 Å². The number of nitrogens with two attached hydrogens (primary N) is 1. The first-order valence-corrected chi connectivity index (χ1v) is 5.92. The van der Waals surface area contributed by atoms with E-state index >= 15 is 0 Å². The van der Waals surface area contributed by atoms with Gasteiger partial charge >= 0.3 is 0 Å². The molecule has 2 N–H and O–H groups in total. The quantitative estimate of drug-likeness (QED) is 0.925. The molecule has 1 aromatic carbocycles. The SMILES string of the molecule is CCC(C)(N)C(=O)Cc1cc(Br)ccc1F. The number of carbonyl (C=O) groups is 1. The summed E-state index contributed by atoms with van der Waals surface area (Å²) in [5, 5.41) is 0. The van der Waals surface area contributed by atoms with E-state index in [1.807, 2.05) is 6.92 Å². The first kappa shape index (κ1) is 13.3. The Labute approximate surface area is 103 Å². The molecule has 0 heterocycles. The summed E-state index contributed by atoms with van der Waals surface area (Å²) in [6.45, 7) is 3.51. The summed E-state index contributed by atoms with van der Waals surface area (Å²) >= 11 is 3.24. The van der Waals surface area contributed by atoms with E-state index in [1.54, 1.807) is 19.1 Å². The van der Waals surface area contributed by atoms with Crippen molar-refractivity contribution in [2.75, 3.05) is 0 Å². The van der Waals surface area contributed by atoms with Crippen molar-refractivity contribution in [1.82, 2.24) is 0 Å². The van der Waals surface area contributed by atoms with Crippen LogP contribution in [0.1, 0.15) is 25.8 Å². The molecule has 4 heteroatoms. The minimum absolute atomic E-state index is 0.0338. The maximum Gasteiger partial charge on any atom is 0.156 e. The van der Waals surface area contributed by atoms with Crippen LogP contribution in [0.2, 0.25) is 0 Å². The Kier molecular flexibility index (Phi) is 4.21. The largest absolute Gasteiger partial charge is 0.319 e. The number of benzene rings is 1. The average molecular weight is 288 g/mol. The number of carbonyl (C=O) groups excluding carboxylic acids is 1. The molecule has 1 atom stereocenters. The molecule has 2 nitrogen and oxygen atoms in total. The third kappa shape index (κ3) is 3.12. The minimum atomic E-state index is -0.880. The molecule has 0 aliphatic heterocycles. The molecular weight excluding hydrogens is 273 g/mol. The highest BCUT2D eigenvalue weighted by atomic mass is 79.9. The van der Waals surface area contributed by atoms with Gasteiger partial charge in [-0.1, -0.05) is 22.9 Å². The number of rotatable bonds is 4. The first-order valence-electron chi connectivity index (χ1n) is 5.13. The van der Waals surface area contributed by atoms with E-state index in [9.17, 15) is 9.18 Å². The molecule has 16 heavy (non-hydrogen) atoms. The molecule has 0 saturated carbocycles. The van der Waals surface area contributed by atoms with Crippen LogP contribution in [0.5, 0.6) is 0 Å². The molecule has 0 aliphatic carbocycles. The van der Waals surface area contributed by atoms with Crippen LogP contribution in [0.15, 0.2) is 22.7 Å². The Morgan fingerprint density at radius 1 is 1.56 bits per heavy atom. The predicted molar refractivity (Wildman–Crippen MR) is 65.7 cm³/mol. The maximum absolute atomic E-state index is 13.4. The Balaban J connectivity index is 2.89. The summed E-state index contributed by atoms with van der Waals surface area (Å²) in [4.78, 5) is 11.8. The van der Waals surface area contributed by atoms with Crippen LogP contribution in [-0.2, 0) is 11.2 Å². The van der Waals surface area contributed by atoms with Crippen molar-refractivity contribution in [3.63, 3.8) is 0 Å². The van der Waals surface area contributed by atoms with E-state index in [4.69, 9.17) is 5.73 Å². The van der Waals surface area contributed by atoms with Crippen molar-refractivity contribution in [2.45, 2.75) is 32.2 Å². The Morgan fingerprint density at radius 2 is 2.19 bits per heavy atom. The summed E-state index contributed by atoms with van der Waals surface area (Å²) in [6, 6.07) is 4.55. The first-order chi connectivity index (χ1) is 7.36. The van der Waals surface area contributed by atoms with Gasteiger partial charge in [0.2, 0.25) is 0 Å². The normalized spacial score (nSPS) is 14.6. The summed E-state index contributed by atoms with van der Waals surface area (Å²) in [6.07, 6.45) is 0.577. The average Bonchev–Trinajstić information content (AvgIpc) is 2.23. The van der Waals surface area contributed by atoms with Crippen molar-refractivity contribution in [3.05, 3.63) is 34.1 Å². The number of halogens is 2. The van der Waals surface area contributed by atoms with Crippen molar-refractivity contribution < 1.29 is 9.18 Å². The van der Waals surface area contributed by atoms with Crippen LogP contribution < -0.4 is 5.73 Å². The van der Waals surface area contributed by atoms with Crippen molar-refractivity contribution >= 4 is 21.7 Å². The van der Waals surface area contributed by atoms with E-state index in [2.05, 4.69) is 15.9 Å². The Hall–Kier alpha value is -0.740. The standard InChI is InChI=1S/C12H15BrFNO/c1-3-12(2,15)11(16)7-8-6-9(13)4-5-10(8)14/h4-6H,3,7,15H2,1-2H3. The third-order valence-electron chi connectivity index (χ3n) is 2.73. The monoisotopic (exact) mass is 287 g/mol. The van der Waals surface area contributed by atoms with Gasteiger partial charge in [0, 0.05) is 10.9 Å². The van der Waals surface area contributed by atoms with E-state index in [-0.39, 0.29) is 18.0 Å². The van der Waals surface area contributed by atoms with Crippen molar-refractivity contribution in [3.8, 4) is 0 Å². The fraction of sp³-hybridized carbons (Fsp3) is 0.417. The highest BCUT2D eigenvalue weighted by Crippen LogP contribution is 2.18. The van der Waals surface area contributed by atoms with E-state index in [0.29, 0.717) is 12.0 Å². The molecule has 88 valence electrons. The molecule has 0 radical (unpaired) electrons. The fourth-order valence-corrected chi connectivity index (χ4v) is 1.66. The molecule has 0 fully saturated rings. The second kappa shape index (κ2) is 5.06. The second-order valence-corrected chi connectivity index (χ2v) is 5.02. The summed E-state index contributed by atoms with van der Waals surface area (Å²) < 4.78 is 14.2. The van der Waals surface area contributed by atoms with Crippen LogP contribution in [0.3, 0.4) is 0 Å². The predicted octanol–water partition coefficient (Wildman–Crippen LogP) is 2.83. The van der Waals surface area contributed by atoms with Gasteiger partial charge in [-0.2, -0.15) is 0 Å². The van der Waals surface area contributed by atoms with Crippen molar-refractivity contribution in [2.24, 2.45) is 5.73 Å². The van der Waals surface area contributed by atoms with Gasteiger partial charge in [-0.25, -0.2) is 4.39 Å². The lowest BCUT2D eigenvalue weighted by Gasteiger charge is -2.21. The minimum Gasteiger partial charge on any atom is -0.319 e. The van der Waals surface area contributed by atoms with E-state index in [1.165, 1.54) is 6.07 Å². The van der Waals surface area contributed by atoms with Crippen LogP contribution in [0, 0.1) is 5.82 Å². The van der Waals surface area contributed by atoms with Gasteiger partial charge in [-0.15, -0.1) is 0 Å². The molecule has 0 saturated heterocycles. The maximum atomic E-state index is 13.4. The molecule has 0 aromatic heterocycles. The van der Waals surface area contributed by atoms with Crippen LogP contribution in [0.4, 0.5) is 4.39 Å². The van der Waals surface area contributed by atoms with Gasteiger partial charge < -0.3 is 5.73 Å². The summed E-state index contributed by atoms with van der Waals surface area (Å²) in [5.74, 6) is -0.518. The molecular formula is C12H15BrFNO. The molecule has 1 rings (SSSR count). The summed E-state index contributed by atoms with van der Waals surface area (Å²) in [7, 11) is 0. The highest BCUT2D eigenvalue weighted by molar-refractivity contribution is 9.10. The lowest BCUT2D eigenvalue weighted by atomic mass is 9.90. The highest BCUT2D eigenvalue weighted by Gasteiger charge is 2.26. The number of hydrogen-bond donors (Lipinski definition) is 1. The molecule has 1 unspecified atom stereocenters. The topological polar surface area (TPSA) is 43.1 Å². The molecule has 0 bridgehead atoms. The molecule has 0 spiro atoms. The lowest BCUT2D eigenvalue weighted by Crippen LogP contribution is -2.45. The lowest BCUT2D eigenvalue weighted by molar-refractivity contribution is -0.123. The molecule has 0 aliphatic rings. The number of ketones is 1. The Morgan fingerprint density at radius 3 is 2.75 bits per heavy atom.